The minimum absolute atomic E-state index is 0.0502. The van der Waals surface area contributed by atoms with Gasteiger partial charge < -0.3 is 9.30 Å². The Hall–Kier alpha value is -2.96. The number of benzene rings is 1. The number of ether oxygens (including phenoxy) is 1. The zero-order valence-corrected chi connectivity index (χ0v) is 17.3. The summed E-state index contributed by atoms with van der Waals surface area (Å²) in [5, 5.41) is 12.8. The molecule has 0 atom stereocenters. The van der Waals surface area contributed by atoms with Crippen molar-refractivity contribution < 1.29 is 14.5 Å². The van der Waals surface area contributed by atoms with Crippen LogP contribution in [0.5, 0.6) is 0 Å². The van der Waals surface area contributed by atoms with Crippen molar-refractivity contribution >= 4 is 44.6 Å². The van der Waals surface area contributed by atoms with Crippen molar-refractivity contribution in [1.82, 2.24) is 4.57 Å². The van der Waals surface area contributed by atoms with Crippen LogP contribution in [0, 0.1) is 16.7 Å². The highest BCUT2D eigenvalue weighted by Crippen LogP contribution is 2.43. The van der Waals surface area contributed by atoms with Crippen LogP contribution >= 0.6 is 27.3 Å². The third kappa shape index (κ3) is 3.32. The van der Waals surface area contributed by atoms with Crippen LogP contribution in [0.15, 0.2) is 40.3 Å². The zero-order chi connectivity index (χ0) is 20.4. The maximum absolute atomic E-state index is 12.5. The molecule has 0 aliphatic rings. The van der Waals surface area contributed by atoms with Gasteiger partial charge in [-0.25, -0.2) is 9.64 Å². The van der Waals surface area contributed by atoms with Gasteiger partial charge >= 0.3 is 5.97 Å². The van der Waals surface area contributed by atoms with Crippen molar-refractivity contribution in [1.29, 1.82) is 0 Å². The quantitative estimate of drug-likeness (QED) is 0.208. The van der Waals surface area contributed by atoms with Crippen molar-refractivity contribution in [2.24, 2.45) is 7.05 Å². The van der Waals surface area contributed by atoms with Gasteiger partial charge in [-0.1, -0.05) is 24.3 Å². The van der Waals surface area contributed by atoms with E-state index in [9.17, 15) is 14.9 Å². The van der Waals surface area contributed by atoms with Crippen molar-refractivity contribution in [2.75, 3.05) is 6.61 Å². The minimum atomic E-state index is -0.520. The van der Waals surface area contributed by atoms with E-state index >= 15 is 0 Å². The second-order valence-corrected chi connectivity index (χ2v) is 7.39. The number of nitrogens with zero attached hydrogens (tertiary/aromatic N) is 3. The predicted molar refractivity (Wildman–Crippen MR) is 111 cm³/mol. The lowest BCUT2D eigenvalue weighted by Gasteiger charge is -2.09. The van der Waals surface area contributed by atoms with Crippen molar-refractivity contribution in [2.45, 2.75) is 6.92 Å². The topological polar surface area (TPSA) is 78.7 Å². The van der Waals surface area contributed by atoms with Crippen molar-refractivity contribution in [3.63, 3.8) is 0 Å². The average molecular weight is 460 g/mol. The lowest BCUT2D eigenvalue weighted by molar-refractivity contribution is -0.383. The Morgan fingerprint density at radius 2 is 1.96 bits per heavy atom. The van der Waals surface area contributed by atoms with Crippen LogP contribution in [0.25, 0.3) is 26.4 Å². The molecule has 3 aromatic rings. The predicted octanol–water partition coefficient (Wildman–Crippen LogP) is 5.82. The molecule has 9 heteroatoms. The number of esters is 1. The highest BCUT2D eigenvalue weighted by atomic mass is 79.9. The largest absolute Gasteiger partial charge is 0.461 e. The molecule has 0 aliphatic carbocycles. The first kappa shape index (κ1) is 19.8. The van der Waals surface area contributed by atoms with E-state index in [-0.39, 0.29) is 18.0 Å². The average Bonchev–Trinajstić information content (AvgIpc) is 3.26. The number of hydrogen-bond donors (Lipinski definition) is 0. The summed E-state index contributed by atoms with van der Waals surface area (Å²) in [5.74, 6) is -0.520. The number of hydrogen-bond acceptors (Lipinski definition) is 5. The van der Waals surface area contributed by atoms with Crippen LogP contribution < -0.4 is 0 Å². The van der Waals surface area contributed by atoms with Gasteiger partial charge in [-0.15, -0.1) is 11.3 Å². The van der Waals surface area contributed by atoms with E-state index in [0.29, 0.717) is 31.9 Å². The molecular weight excluding hydrogens is 446 g/mol. The normalized spacial score (nSPS) is 10.5. The van der Waals surface area contributed by atoms with Gasteiger partial charge in [0.2, 0.25) is 5.69 Å². The van der Waals surface area contributed by atoms with E-state index in [0.717, 1.165) is 0 Å². The fourth-order valence-corrected chi connectivity index (χ4v) is 4.24. The molecular formula is C19H14BrN3O4S. The van der Waals surface area contributed by atoms with Gasteiger partial charge in [0, 0.05) is 18.7 Å². The Morgan fingerprint density at radius 3 is 2.54 bits per heavy atom. The van der Waals surface area contributed by atoms with Crippen LogP contribution in [0.3, 0.4) is 0 Å². The molecule has 7 nitrogen and oxygen atoms in total. The van der Waals surface area contributed by atoms with E-state index in [1.54, 1.807) is 48.2 Å². The summed E-state index contributed by atoms with van der Waals surface area (Å²) in [6.07, 6.45) is 0. The molecule has 3 rings (SSSR count). The van der Waals surface area contributed by atoms with Gasteiger partial charge in [0.05, 0.1) is 22.7 Å². The van der Waals surface area contributed by atoms with Gasteiger partial charge in [-0.2, -0.15) is 0 Å². The van der Waals surface area contributed by atoms with Crippen LogP contribution in [0.1, 0.15) is 17.4 Å². The number of rotatable bonds is 5. The second-order valence-electron chi connectivity index (χ2n) is 5.72. The molecule has 2 heterocycles. The molecule has 0 amide bonds. The minimum Gasteiger partial charge on any atom is -0.461 e. The maximum Gasteiger partial charge on any atom is 0.354 e. The molecule has 0 fully saturated rings. The Labute approximate surface area is 173 Å². The molecule has 1 aromatic carbocycles. The van der Waals surface area contributed by atoms with E-state index in [1.165, 1.54) is 17.4 Å². The SMILES string of the molecule is [C-]#[N+]c1c(-c2ccc(-c3sccc3[N+](=O)[O-])cc2)c(C(=O)OCC)n(C)c1Br. The third-order valence-electron chi connectivity index (χ3n) is 4.16. The van der Waals surface area contributed by atoms with Gasteiger partial charge in [0.1, 0.15) is 10.6 Å². The summed E-state index contributed by atoms with van der Waals surface area (Å²) in [6.45, 7) is 9.45. The second kappa shape index (κ2) is 7.96. The molecule has 0 aliphatic heterocycles. The standard InChI is InChI=1S/C19H14BrN3O4S/c1-4-27-19(24)16-14(15(21-2)18(20)22(16)3)11-5-7-12(8-6-11)17-13(23(25)26)9-10-28-17/h5-10H,4H2,1,3H3. The molecule has 142 valence electrons. The molecule has 0 saturated heterocycles. The summed E-state index contributed by atoms with van der Waals surface area (Å²) in [4.78, 5) is 27.4. The van der Waals surface area contributed by atoms with Crippen molar-refractivity contribution in [3.8, 4) is 21.6 Å². The van der Waals surface area contributed by atoms with Crippen LogP contribution in [0.4, 0.5) is 11.4 Å². The smallest absolute Gasteiger partial charge is 0.354 e. The number of aromatic nitrogens is 1. The van der Waals surface area contributed by atoms with Crippen LogP contribution in [0.2, 0.25) is 0 Å². The number of halogens is 1. The fourth-order valence-electron chi connectivity index (χ4n) is 2.90. The Kier molecular flexibility index (Phi) is 5.63. The molecule has 28 heavy (non-hydrogen) atoms. The third-order valence-corrected chi connectivity index (χ3v) is 6.02. The Balaban J connectivity index is 2.13. The number of carbonyl (C=O) groups is 1. The molecule has 0 unspecified atom stereocenters. The molecule has 0 spiro atoms. The van der Waals surface area contributed by atoms with Crippen LogP contribution in [-0.2, 0) is 11.8 Å². The van der Waals surface area contributed by atoms with Gasteiger partial charge in [-0.05, 0) is 39.4 Å². The summed E-state index contributed by atoms with van der Waals surface area (Å²) < 4.78 is 7.22. The first-order chi connectivity index (χ1) is 13.4. The van der Waals surface area contributed by atoms with Gasteiger partial charge in [-0.3, -0.25) is 10.1 Å². The van der Waals surface area contributed by atoms with Crippen LogP contribution in [-0.4, -0.2) is 22.1 Å². The highest BCUT2D eigenvalue weighted by Gasteiger charge is 2.27. The monoisotopic (exact) mass is 459 g/mol. The van der Waals surface area contributed by atoms with E-state index in [4.69, 9.17) is 11.3 Å². The van der Waals surface area contributed by atoms with Gasteiger partial charge in [0.15, 0.2) is 0 Å². The Bertz CT molecular complexity index is 1110. The summed E-state index contributed by atoms with van der Waals surface area (Å²) in [6, 6.07) is 8.46. The molecule has 2 aromatic heterocycles. The first-order valence-electron chi connectivity index (χ1n) is 8.16. The first-order valence-corrected chi connectivity index (χ1v) is 9.83. The molecule has 0 radical (unpaired) electrons. The lowest BCUT2D eigenvalue weighted by Crippen LogP contribution is -2.11. The van der Waals surface area contributed by atoms with E-state index in [1.807, 2.05) is 0 Å². The molecule has 0 bridgehead atoms. The van der Waals surface area contributed by atoms with E-state index < -0.39 is 10.9 Å². The van der Waals surface area contributed by atoms with E-state index in [2.05, 4.69) is 20.8 Å². The van der Waals surface area contributed by atoms with Gasteiger partial charge in [0.25, 0.3) is 5.69 Å². The molecule has 0 N–H and O–H groups in total. The highest BCUT2D eigenvalue weighted by molar-refractivity contribution is 9.10. The number of carbonyl (C=O) groups excluding carboxylic acids is 1. The maximum atomic E-state index is 12.5. The fraction of sp³-hybridized carbons (Fsp3) is 0.158. The zero-order valence-electron chi connectivity index (χ0n) is 14.9. The number of nitro groups is 1. The lowest BCUT2D eigenvalue weighted by atomic mass is 10.0. The molecule has 0 saturated carbocycles. The summed E-state index contributed by atoms with van der Waals surface area (Å²) in [5.41, 5.74) is 2.44. The number of thiophene rings is 1. The summed E-state index contributed by atoms with van der Waals surface area (Å²) in [7, 11) is 1.68. The Morgan fingerprint density at radius 1 is 1.32 bits per heavy atom. The van der Waals surface area contributed by atoms with Crippen molar-refractivity contribution in [3.05, 3.63) is 67.5 Å². The summed E-state index contributed by atoms with van der Waals surface area (Å²) >= 11 is 4.65.